The first kappa shape index (κ1) is 10.1. The van der Waals surface area contributed by atoms with E-state index < -0.39 is 0 Å². The van der Waals surface area contributed by atoms with Gasteiger partial charge < -0.3 is 9.73 Å². The quantitative estimate of drug-likeness (QED) is 0.845. The lowest BCUT2D eigenvalue weighted by Crippen LogP contribution is -2.40. The number of nitrogens with one attached hydrogen (secondary N) is 1. The van der Waals surface area contributed by atoms with Gasteiger partial charge in [0.25, 0.3) is 5.91 Å². The summed E-state index contributed by atoms with van der Waals surface area (Å²) >= 11 is 0. The summed E-state index contributed by atoms with van der Waals surface area (Å²) in [6.07, 6.45) is 5.03. The molecule has 1 amide bonds. The average Bonchev–Trinajstić information content (AvgIpc) is 2.99. The zero-order valence-corrected chi connectivity index (χ0v) is 9.30. The Bertz CT molecular complexity index is 516. The lowest BCUT2D eigenvalue weighted by atomic mass is 10.0. The van der Waals surface area contributed by atoms with E-state index in [1.54, 1.807) is 18.3 Å². The van der Waals surface area contributed by atoms with E-state index in [0.29, 0.717) is 5.76 Å². The van der Waals surface area contributed by atoms with Gasteiger partial charge in [0.1, 0.15) is 0 Å². The standard InChI is InChI=1S/C12H13N3O2/c16-12(11-2-1-7-17-11)14-9-4-6-15-10(8-9)3-5-13-15/h1-3,5,7,9H,4,6,8H2,(H,14,16). The largest absolute Gasteiger partial charge is 0.459 e. The average molecular weight is 231 g/mol. The van der Waals surface area contributed by atoms with E-state index in [0.717, 1.165) is 19.4 Å². The van der Waals surface area contributed by atoms with Crippen LogP contribution in [0.5, 0.6) is 0 Å². The molecule has 3 rings (SSSR count). The predicted octanol–water partition coefficient (Wildman–Crippen LogP) is 1.22. The normalized spacial score (nSPS) is 18.7. The first-order valence-electron chi connectivity index (χ1n) is 5.68. The molecular weight excluding hydrogens is 218 g/mol. The van der Waals surface area contributed by atoms with Gasteiger partial charge in [-0.2, -0.15) is 5.10 Å². The van der Waals surface area contributed by atoms with E-state index >= 15 is 0 Å². The monoisotopic (exact) mass is 231 g/mol. The highest BCUT2D eigenvalue weighted by Crippen LogP contribution is 2.14. The molecule has 0 spiro atoms. The maximum Gasteiger partial charge on any atom is 0.287 e. The molecule has 17 heavy (non-hydrogen) atoms. The Hall–Kier alpha value is -2.04. The lowest BCUT2D eigenvalue weighted by molar-refractivity contribution is 0.0902. The van der Waals surface area contributed by atoms with E-state index in [1.165, 1.54) is 12.0 Å². The molecule has 88 valence electrons. The zero-order chi connectivity index (χ0) is 11.7. The molecule has 0 saturated carbocycles. The summed E-state index contributed by atoms with van der Waals surface area (Å²) in [6.45, 7) is 0.853. The number of hydrogen-bond donors (Lipinski definition) is 1. The molecule has 3 heterocycles. The van der Waals surface area contributed by atoms with E-state index in [2.05, 4.69) is 10.4 Å². The summed E-state index contributed by atoms with van der Waals surface area (Å²) in [7, 11) is 0. The van der Waals surface area contributed by atoms with Gasteiger partial charge in [0, 0.05) is 30.9 Å². The number of aromatic nitrogens is 2. The minimum atomic E-state index is -0.145. The summed E-state index contributed by atoms with van der Waals surface area (Å²) in [4.78, 5) is 11.8. The number of fused-ring (bicyclic) bond motifs is 1. The topological polar surface area (TPSA) is 60.1 Å². The molecule has 1 unspecified atom stereocenters. The van der Waals surface area contributed by atoms with Crippen LogP contribution in [-0.4, -0.2) is 21.7 Å². The van der Waals surface area contributed by atoms with Gasteiger partial charge in [-0.15, -0.1) is 0 Å². The Morgan fingerprint density at radius 3 is 3.29 bits per heavy atom. The number of rotatable bonds is 2. The number of hydrogen-bond acceptors (Lipinski definition) is 3. The molecule has 2 aromatic heterocycles. The summed E-state index contributed by atoms with van der Waals surface area (Å²) in [5.41, 5.74) is 1.17. The number of nitrogens with zero attached hydrogens (tertiary/aromatic N) is 2. The smallest absolute Gasteiger partial charge is 0.287 e. The molecular formula is C12H13N3O2. The summed E-state index contributed by atoms with van der Waals surface area (Å²) in [5.74, 6) is 0.219. The Labute approximate surface area is 98.4 Å². The molecule has 1 aliphatic heterocycles. The lowest BCUT2D eigenvalue weighted by Gasteiger charge is -2.23. The molecule has 0 aromatic carbocycles. The summed E-state index contributed by atoms with van der Waals surface area (Å²) in [5, 5.41) is 7.18. The number of amides is 1. The van der Waals surface area contributed by atoms with Crippen LogP contribution >= 0.6 is 0 Å². The van der Waals surface area contributed by atoms with Gasteiger partial charge in [-0.1, -0.05) is 0 Å². The van der Waals surface area contributed by atoms with Gasteiger partial charge in [0.2, 0.25) is 0 Å². The fourth-order valence-electron chi connectivity index (χ4n) is 2.15. The van der Waals surface area contributed by atoms with E-state index in [9.17, 15) is 4.79 Å². The molecule has 1 atom stereocenters. The highest BCUT2D eigenvalue weighted by Gasteiger charge is 2.21. The second-order valence-electron chi connectivity index (χ2n) is 4.19. The molecule has 5 nitrogen and oxygen atoms in total. The van der Waals surface area contributed by atoms with Gasteiger partial charge in [0.15, 0.2) is 5.76 Å². The molecule has 2 aromatic rings. The third-order valence-electron chi connectivity index (χ3n) is 3.03. The van der Waals surface area contributed by atoms with Gasteiger partial charge >= 0.3 is 0 Å². The Kier molecular flexibility index (Phi) is 2.44. The van der Waals surface area contributed by atoms with Crippen LogP contribution in [0.2, 0.25) is 0 Å². The van der Waals surface area contributed by atoms with Gasteiger partial charge in [-0.25, -0.2) is 0 Å². The van der Waals surface area contributed by atoms with E-state index in [4.69, 9.17) is 4.42 Å². The van der Waals surface area contributed by atoms with Gasteiger partial charge in [-0.05, 0) is 24.6 Å². The van der Waals surface area contributed by atoms with Crippen molar-refractivity contribution >= 4 is 5.91 Å². The second kappa shape index (κ2) is 4.08. The minimum absolute atomic E-state index is 0.145. The molecule has 0 bridgehead atoms. The Morgan fingerprint density at radius 2 is 2.47 bits per heavy atom. The van der Waals surface area contributed by atoms with Crippen LogP contribution in [-0.2, 0) is 13.0 Å². The van der Waals surface area contributed by atoms with Gasteiger partial charge in [0.05, 0.1) is 6.26 Å². The van der Waals surface area contributed by atoms with Crippen LogP contribution < -0.4 is 5.32 Å². The van der Waals surface area contributed by atoms with Crippen LogP contribution in [0.1, 0.15) is 22.7 Å². The predicted molar refractivity (Wildman–Crippen MR) is 60.5 cm³/mol. The first-order chi connectivity index (χ1) is 8.33. The zero-order valence-electron chi connectivity index (χ0n) is 9.30. The SMILES string of the molecule is O=C(NC1CCn2nccc2C1)c1ccco1. The maximum absolute atomic E-state index is 11.8. The Morgan fingerprint density at radius 1 is 1.53 bits per heavy atom. The van der Waals surface area contributed by atoms with Crippen molar-refractivity contribution in [3.05, 3.63) is 42.1 Å². The maximum atomic E-state index is 11.8. The number of carbonyl (C=O) groups excluding carboxylic acids is 1. The highest BCUT2D eigenvalue weighted by atomic mass is 16.3. The third-order valence-corrected chi connectivity index (χ3v) is 3.03. The first-order valence-corrected chi connectivity index (χ1v) is 5.68. The van der Waals surface area contributed by atoms with Crippen molar-refractivity contribution in [3.8, 4) is 0 Å². The minimum Gasteiger partial charge on any atom is -0.459 e. The van der Waals surface area contributed by atoms with Crippen LogP contribution in [0, 0.1) is 0 Å². The van der Waals surface area contributed by atoms with Crippen molar-refractivity contribution in [1.29, 1.82) is 0 Å². The highest BCUT2D eigenvalue weighted by molar-refractivity contribution is 5.91. The van der Waals surface area contributed by atoms with Crippen LogP contribution in [0.3, 0.4) is 0 Å². The van der Waals surface area contributed by atoms with Crippen molar-refractivity contribution in [3.63, 3.8) is 0 Å². The van der Waals surface area contributed by atoms with Crippen LogP contribution in [0.25, 0.3) is 0 Å². The van der Waals surface area contributed by atoms with Crippen molar-refractivity contribution in [1.82, 2.24) is 15.1 Å². The molecule has 0 aliphatic carbocycles. The molecule has 5 heteroatoms. The molecule has 1 N–H and O–H groups in total. The molecule has 1 aliphatic rings. The molecule has 0 saturated heterocycles. The number of carbonyl (C=O) groups is 1. The van der Waals surface area contributed by atoms with Crippen LogP contribution in [0.15, 0.2) is 35.1 Å². The fourth-order valence-corrected chi connectivity index (χ4v) is 2.15. The van der Waals surface area contributed by atoms with Gasteiger partial charge in [-0.3, -0.25) is 9.48 Å². The van der Waals surface area contributed by atoms with E-state index in [-0.39, 0.29) is 11.9 Å². The third kappa shape index (κ3) is 1.95. The van der Waals surface area contributed by atoms with Crippen molar-refractivity contribution in [2.75, 3.05) is 0 Å². The Balaban J connectivity index is 1.66. The number of furan rings is 1. The van der Waals surface area contributed by atoms with Crippen LogP contribution in [0.4, 0.5) is 0 Å². The summed E-state index contributed by atoms with van der Waals surface area (Å²) in [6, 6.07) is 5.54. The molecule has 0 radical (unpaired) electrons. The molecule has 0 fully saturated rings. The second-order valence-corrected chi connectivity index (χ2v) is 4.19. The van der Waals surface area contributed by atoms with Crippen molar-refractivity contribution < 1.29 is 9.21 Å². The van der Waals surface area contributed by atoms with Crippen molar-refractivity contribution in [2.45, 2.75) is 25.4 Å². The van der Waals surface area contributed by atoms with E-state index in [1.807, 2.05) is 10.7 Å². The fraction of sp³-hybridized carbons (Fsp3) is 0.333. The van der Waals surface area contributed by atoms with Crippen molar-refractivity contribution in [2.24, 2.45) is 0 Å². The summed E-state index contributed by atoms with van der Waals surface area (Å²) < 4.78 is 7.04. The number of aryl methyl sites for hydroxylation is 1.